The first-order valence-corrected chi connectivity index (χ1v) is 52.2. The Morgan fingerprint density at radius 1 is 0.524 bits per heavy atom. The van der Waals surface area contributed by atoms with Crippen LogP contribution in [0.15, 0.2) is 89.5 Å². The number of amides is 7. The molecule has 2 aromatic carbocycles. The molecular weight excluding hydrogens is 1890 g/mol. The zero-order valence-electron chi connectivity index (χ0n) is 84.7. The van der Waals surface area contributed by atoms with Crippen molar-refractivity contribution in [1.29, 1.82) is 0 Å². The van der Waals surface area contributed by atoms with E-state index in [1.807, 2.05) is 78.0 Å². The van der Waals surface area contributed by atoms with Gasteiger partial charge in [0, 0.05) is 181 Å². The van der Waals surface area contributed by atoms with Gasteiger partial charge in [0.25, 0.3) is 10.1 Å². The van der Waals surface area contributed by atoms with Crippen LogP contribution in [-0.2, 0) is 121 Å². The maximum Gasteiger partial charge on any atom is 0.303 e. The number of carbonyl (C=O) groups excluding carboxylic acids is 13. The van der Waals surface area contributed by atoms with E-state index in [9.17, 15) is 125 Å². The molecule has 9 atom stereocenters. The second kappa shape index (κ2) is 61.7. The molecule has 0 saturated carbocycles. The second-order valence-electron chi connectivity index (χ2n) is 38.6. The predicted molar refractivity (Wildman–Crippen MR) is 534 cm³/mol. The van der Waals surface area contributed by atoms with Crippen LogP contribution in [-0.4, -0.2) is 274 Å². The summed E-state index contributed by atoms with van der Waals surface area (Å²) in [7, 11) is -3.13. The standard InChI is InChI=1S/C103H149N9O29S2/c1-13-110-80-39-32-67(6)58-73(80)102(7,8)88(110)29-18-15-14-16-19-30-89-103(9,10)74-62-72(143(136,137)138)36-40-81(74)111(89)50-23-17-20-31-90(119)104-49-22-21-26-75(83(114)28-25-52-141-63-92(121)112-51-24-27-82(112)101(135)109-78(56-65(2)3)84(115)41-42-91(120)105-79(64-142-12)85(116)57-66(4)5)106-99(133)69(34-44-94(124)125)60-87(118)77(38-47-97(130)131)108-100(134)70(35-45-95(126)127)61-86(117)76(37-46-96(128)129)107-98(132)68(33-43-93(122)123)59-71(113)48-53-140-55-54-139-11/h14-16,18-19,29-30,32,36,39-40,58,62,65-66,68-70,75-79,82H,13,17,20-28,31,33-35,37-38,41-57,59-61,63-64H2,1-12H3,(H11-,104,105,106,107,108,109,119,120,122,123,124,125,126,127,128,129,130,131,132,133,134,135,136,137,138)/p+1/t68-,69-,70-,75+,76+,77+,78-,79-,82-/m0/s1. The lowest BCUT2D eigenvalue weighted by molar-refractivity contribution is -0.433. The van der Waals surface area contributed by atoms with Crippen LogP contribution < -0.4 is 36.8 Å². The summed E-state index contributed by atoms with van der Waals surface area (Å²) in [5, 5.41) is 64.8. The van der Waals surface area contributed by atoms with Crippen LogP contribution in [0.4, 0.5) is 11.4 Å². The van der Waals surface area contributed by atoms with Crippen molar-refractivity contribution in [3.63, 3.8) is 0 Å². The predicted octanol–water partition coefficient (Wildman–Crippen LogP) is 10.1. The molecule has 3 aliphatic heterocycles. The fourth-order valence-corrected chi connectivity index (χ4v) is 18.8. The molecule has 0 unspecified atom stereocenters. The molecule has 0 spiro atoms. The zero-order valence-corrected chi connectivity index (χ0v) is 86.3. The van der Waals surface area contributed by atoms with Crippen molar-refractivity contribution in [1.82, 2.24) is 36.8 Å². The number of carboxylic acids is 5. The van der Waals surface area contributed by atoms with E-state index in [1.165, 1.54) is 58.4 Å². The molecule has 5 rings (SSSR count). The van der Waals surface area contributed by atoms with E-state index in [-0.39, 0.29) is 150 Å². The van der Waals surface area contributed by atoms with Gasteiger partial charge in [0.05, 0.1) is 60.3 Å². The number of rotatable bonds is 73. The van der Waals surface area contributed by atoms with Gasteiger partial charge in [-0.3, -0.25) is 90.9 Å². The van der Waals surface area contributed by atoms with Crippen LogP contribution in [0.2, 0.25) is 0 Å². The normalized spacial score (nSPS) is 16.3. The fourth-order valence-electron chi connectivity index (χ4n) is 17.7. The van der Waals surface area contributed by atoms with E-state index in [0.717, 1.165) is 17.9 Å². The Hall–Kier alpha value is -11.3. The lowest BCUT2D eigenvalue weighted by Gasteiger charge is -2.27. The number of aliphatic carboxylic acids is 5. The van der Waals surface area contributed by atoms with E-state index in [1.54, 1.807) is 12.3 Å². The maximum absolute atomic E-state index is 14.8. The number of carboxylic acid groups (broad SMARTS) is 5. The Labute approximate surface area is 842 Å². The first kappa shape index (κ1) is 122. The first-order valence-electron chi connectivity index (χ1n) is 49.4. The SMILES string of the molecule is CC[N+]1=C(/C=C/C=C/C=C/C=C2/N(CCCCCC(=O)NCCCC[C@@H](NC(=O)[C@@H](CCC(=O)O)CC(=O)[C@@H](CCC(=O)O)NC(=O)[C@@H](CCC(=O)O)CC(=O)[C@@H](CCC(=O)O)NC(=O)[C@@H](CCC(=O)O)CC(=O)CCOCCOC)C(=O)CCCOCC(=O)N3CCC[C@H]3C(=O)N[C@@H](CC(C)C)C(=O)CCC(=O)N[C@@H](CSC)C(=O)CC(C)C)c3ccc(S(=O)(=O)O)cc3C2(C)C)C(C)(C)c2cc(C)ccc21. The van der Waals surface area contributed by atoms with Crippen LogP contribution in [0.3, 0.4) is 0 Å². The lowest BCUT2D eigenvalue weighted by atomic mass is 9.81. The number of likely N-dealkylation sites (tertiary alicyclic amines) is 1. The first-order chi connectivity index (χ1) is 67.5. The number of ketones is 6. The monoisotopic (exact) mass is 2040 g/mol. The van der Waals surface area contributed by atoms with Crippen molar-refractivity contribution in [2.45, 2.75) is 307 Å². The van der Waals surface area contributed by atoms with Crippen LogP contribution in [0, 0.1) is 36.5 Å². The highest BCUT2D eigenvalue weighted by Gasteiger charge is 2.46. The van der Waals surface area contributed by atoms with Gasteiger partial charge < -0.3 is 81.4 Å². The topological polar surface area (TPSA) is 572 Å². The van der Waals surface area contributed by atoms with Crippen molar-refractivity contribution in [3.05, 3.63) is 101 Å². The zero-order chi connectivity index (χ0) is 106. The van der Waals surface area contributed by atoms with Gasteiger partial charge in [0.1, 0.15) is 25.0 Å². The molecule has 12 N–H and O–H groups in total. The van der Waals surface area contributed by atoms with E-state index in [0.29, 0.717) is 43.5 Å². The number of carbonyl (C=O) groups is 18. The Morgan fingerprint density at radius 2 is 1.08 bits per heavy atom. The highest BCUT2D eigenvalue weighted by molar-refractivity contribution is 7.98. The van der Waals surface area contributed by atoms with Gasteiger partial charge in [-0.25, -0.2) is 0 Å². The number of aryl methyl sites for hydroxylation is 1. The minimum absolute atomic E-state index is 0.0601. The van der Waals surface area contributed by atoms with Gasteiger partial charge in [0.15, 0.2) is 34.6 Å². The second-order valence-corrected chi connectivity index (χ2v) is 40.9. The van der Waals surface area contributed by atoms with Crippen molar-refractivity contribution in [2.24, 2.45) is 29.6 Å². The van der Waals surface area contributed by atoms with Crippen LogP contribution in [0.5, 0.6) is 0 Å². The number of nitrogens with zero attached hydrogens (tertiary/aromatic N) is 3. The minimum atomic E-state index is -4.56. The van der Waals surface area contributed by atoms with E-state index in [2.05, 4.69) is 93.3 Å². The highest BCUT2D eigenvalue weighted by atomic mass is 32.2. The number of fused-ring (bicyclic) bond motifs is 2. The molecule has 3 heterocycles. The fraction of sp³-hybridized carbons (Fsp3) is 0.621. The molecule has 143 heavy (non-hydrogen) atoms. The summed E-state index contributed by atoms with van der Waals surface area (Å²) >= 11 is 1.39. The average molecular weight is 2040 g/mol. The molecule has 0 radical (unpaired) electrons. The van der Waals surface area contributed by atoms with Crippen LogP contribution >= 0.6 is 11.8 Å². The number of allylic oxidation sites excluding steroid dienone is 8. The molecule has 792 valence electrons. The number of benzene rings is 2. The van der Waals surface area contributed by atoms with Gasteiger partial charge in [-0.2, -0.15) is 24.8 Å². The summed E-state index contributed by atoms with van der Waals surface area (Å²) in [5.41, 5.74) is 6.19. The molecule has 3 aliphatic rings. The summed E-state index contributed by atoms with van der Waals surface area (Å²) in [6.07, 6.45) is 8.57. The summed E-state index contributed by atoms with van der Waals surface area (Å²) in [6, 6.07) is 3.29. The number of thioether (sulfide) groups is 1. The number of hydrogen-bond donors (Lipinski definition) is 12. The summed E-state index contributed by atoms with van der Waals surface area (Å²) < 4.78 is 53.3. The van der Waals surface area contributed by atoms with Gasteiger partial charge in [-0.15, -0.1) is 0 Å². The maximum atomic E-state index is 14.8. The Kier molecular flexibility index (Phi) is 52.7. The molecule has 1 saturated heterocycles. The smallest absolute Gasteiger partial charge is 0.303 e. The lowest BCUT2D eigenvalue weighted by Crippen LogP contribution is -2.52. The van der Waals surface area contributed by atoms with Gasteiger partial charge in [0.2, 0.25) is 47.0 Å². The Bertz CT molecular complexity index is 5060. The number of ether oxygens (including phenoxy) is 3. The summed E-state index contributed by atoms with van der Waals surface area (Å²) in [4.78, 5) is 244. The largest absolute Gasteiger partial charge is 0.481 e. The minimum Gasteiger partial charge on any atom is -0.481 e. The number of anilines is 1. The number of nitrogens with one attached hydrogen (secondary N) is 6. The number of methoxy groups -OCH3 is 1. The van der Waals surface area contributed by atoms with Crippen LogP contribution in [0.1, 0.15) is 265 Å². The Balaban J connectivity index is 1.34. The highest BCUT2D eigenvalue weighted by Crippen LogP contribution is 2.49. The third-order valence-electron chi connectivity index (χ3n) is 25.5. The van der Waals surface area contributed by atoms with Crippen LogP contribution in [0.25, 0.3) is 0 Å². The number of unbranched alkanes of at least 4 members (excludes halogenated alkanes) is 3. The molecular formula is C103H150N9O29S2+. The van der Waals surface area contributed by atoms with Crippen molar-refractivity contribution in [3.8, 4) is 0 Å². The molecule has 0 aliphatic carbocycles. The summed E-state index contributed by atoms with van der Waals surface area (Å²) in [6.45, 7) is 21.1. The van der Waals surface area contributed by atoms with Crippen molar-refractivity contribution in [2.75, 3.05) is 83.2 Å². The van der Waals surface area contributed by atoms with E-state index >= 15 is 0 Å². The molecule has 1 fully saturated rings. The molecule has 0 aromatic heterocycles. The van der Waals surface area contributed by atoms with E-state index in [4.69, 9.17) is 14.2 Å². The van der Waals surface area contributed by atoms with Gasteiger partial charge in [-0.1, -0.05) is 90.0 Å². The molecule has 38 nitrogen and oxygen atoms in total. The van der Waals surface area contributed by atoms with Gasteiger partial charge >= 0.3 is 29.8 Å². The van der Waals surface area contributed by atoms with Crippen molar-refractivity contribution < 1.29 is 144 Å². The quantitative estimate of drug-likeness (QED) is 0.0127. The number of hydrogen-bond acceptors (Lipinski definition) is 25. The number of Topliss-reactive ketones (excluding diaryl/α,β-unsaturated/α-hetero) is 6. The third kappa shape index (κ3) is 42.1. The Morgan fingerprint density at radius 3 is 1.64 bits per heavy atom. The molecule has 7 amide bonds. The van der Waals surface area contributed by atoms with Gasteiger partial charge in [-0.05, 0) is 172 Å². The molecule has 40 heteroatoms. The van der Waals surface area contributed by atoms with E-state index < -0.39 is 254 Å². The summed E-state index contributed by atoms with van der Waals surface area (Å²) in [5.74, 6) is -20.6. The average Bonchev–Trinajstić information content (AvgIpc) is 1.58. The molecule has 2 aromatic rings. The molecule has 0 bridgehead atoms. The third-order valence-corrected chi connectivity index (χ3v) is 27.0. The van der Waals surface area contributed by atoms with Crippen molar-refractivity contribution >= 4 is 145 Å².